The molecule has 15 heteroatoms. The number of aromatic hydroxyl groups is 2. The lowest BCUT2D eigenvalue weighted by Gasteiger charge is -2.52. The van der Waals surface area contributed by atoms with Crippen molar-refractivity contribution in [2.45, 2.75) is 228 Å². The highest BCUT2D eigenvalue weighted by molar-refractivity contribution is 6.70. The molecule has 10 atom stereocenters. The minimum atomic E-state index is -2.36. The first kappa shape index (κ1) is 59.0. The lowest BCUT2D eigenvalue weighted by molar-refractivity contribution is -0.357. The zero-order valence-electron chi connectivity index (χ0n) is 47.0. The largest absolute Gasteiger partial charge is 0.507 e. The number of benzene rings is 2. The number of hydrogen-bond donors (Lipinski definition) is 2. The van der Waals surface area contributed by atoms with Crippen molar-refractivity contribution in [3.8, 4) is 11.5 Å². The molecule has 2 aliphatic rings. The summed E-state index contributed by atoms with van der Waals surface area (Å²) in [5, 5.41) is 23.1. The van der Waals surface area contributed by atoms with E-state index in [9.17, 15) is 19.8 Å². The molecule has 0 aromatic heterocycles. The Morgan fingerprint density at radius 2 is 0.855 bits per heavy atom. The number of carbonyl (C=O) groups is 2. The van der Waals surface area contributed by atoms with Gasteiger partial charge in [-0.15, -0.1) is 0 Å². The number of phenols is 2. The smallest absolute Gasteiger partial charge is 0.342 e. The van der Waals surface area contributed by atoms with E-state index in [2.05, 4.69) is 121 Å². The minimum Gasteiger partial charge on any atom is -0.507 e. The lowest BCUT2D eigenvalue weighted by atomic mass is 9.78. The first-order valence-corrected chi connectivity index (χ1v) is 35.3. The Morgan fingerprint density at radius 3 is 1.23 bits per heavy atom. The monoisotopic (exact) mass is 1020 g/mol. The van der Waals surface area contributed by atoms with Gasteiger partial charge in [0.25, 0.3) is 0 Å². The molecule has 10 unspecified atom stereocenters. The van der Waals surface area contributed by atoms with E-state index in [4.69, 9.17) is 37.0 Å². The Bertz CT molecular complexity index is 2110. The van der Waals surface area contributed by atoms with Crippen molar-refractivity contribution >= 4 is 36.9 Å². The fraction of sp³-hybridized carbons (Fsp3) is 0.741. The van der Waals surface area contributed by atoms with E-state index >= 15 is 0 Å². The summed E-state index contributed by atoms with van der Waals surface area (Å²) in [6.45, 7) is 49.4. The molecule has 4 rings (SSSR count). The summed E-state index contributed by atoms with van der Waals surface area (Å²) in [6, 6.07) is 7.39. The summed E-state index contributed by atoms with van der Waals surface area (Å²) in [4.78, 5) is 28.3. The Hall–Kier alpha value is -2.61. The molecule has 0 spiro atoms. The molecular formula is C54H92O12Si3. The number of carbonyl (C=O) groups excluding carboxylic acids is 2. The van der Waals surface area contributed by atoms with Gasteiger partial charge in [0.2, 0.25) is 0 Å². The van der Waals surface area contributed by atoms with Gasteiger partial charge in [0, 0.05) is 17.0 Å². The summed E-state index contributed by atoms with van der Waals surface area (Å²) in [5.41, 5.74) is 1.88. The molecule has 0 aliphatic carbocycles. The third-order valence-electron chi connectivity index (χ3n) is 13.1. The summed E-state index contributed by atoms with van der Waals surface area (Å²) in [6.07, 6.45) is -5.47. The maximum atomic E-state index is 14.3. The molecule has 0 bridgehead atoms. The molecule has 0 radical (unpaired) electrons. The number of esters is 2. The molecule has 0 saturated carbocycles. The van der Waals surface area contributed by atoms with E-state index in [1.165, 1.54) is 0 Å². The second-order valence-electron chi connectivity index (χ2n) is 26.9. The van der Waals surface area contributed by atoms with Gasteiger partial charge in [-0.1, -0.05) is 116 Å². The van der Waals surface area contributed by atoms with E-state index in [1.54, 1.807) is 12.1 Å². The number of phenolic OH excluding ortho intramolecular Hbond substituents is 2. The van der Waals surface area contributed by atoms with Crippen LogP contribution in [-0.4, -0.2) is 103 Å². The summed E-state index contributed by atoms with van der Waals surface area (Å²) < 4.78 is 54.2. The lowest BCUT2D eigenvalue weighted by Crippen LogP contribution is -2.67. The van der Waals surface area contributed by atoms with Crippen LogP contribution in [0.4, 0.5) is 0 Å². The molecule has 2 N–H and O–H groups in total. The van der Waals surface area contributed by atoms with Crippen molar-refractivity contribution in [1.82, 2.24) is 0 Å². The summed E-state index contributed by atoms with van der Waals surface area (Å²) in [7, 11) is -7.05. The number of hydrogen-bond acceptors (Lipinski definition) is 12. The Morgan fingerprint density at radius 1 is 0.493 bits per heavy atom. The van der Waals surface area contributed by atoms with E-state index in [0.29, 0.717) is 11.1 Å². The Balaban J connectivity index is 1.75. The van der Waals surface area contributed by atoms with Crippen molar-refractivity contribution in [3.63, 3.8) is 0 Å². The van der Waals surface area contributed by atoms with Gasteiger partial charge in [0.15, 0.2) is 37.5 Å². The predicted octanol–water partition coefficient (Wildman–Crippen LogP) is 12.3. The van der Waals surface area contributed by atoms with Gasteiger partial charge in [-0.2, -0.15) is 0 Å². The van der Waals surface area contributed by atoms with Crippen LogP contribution >= 0.6 is 0 Å². The molecule has 2 aromatic rings. The van der Waals surface area contributed by atoms with Gasteiger partial charge in [0.1, 0.15) is 60.3 Å². The fourth-order valence-electron chi connectivity index (χ4n) is 8.77. The second kappa shape index (κ2) is 21.1. The molecule has 69 heavy (non-hydrogen) atoms. The molecular weight excluding hydrogens is 925 g/mol. The van der Waals surface area contributed by atoms with E-state index in [0.717, 1.165) is 11.1 Å². The van der Waals surface area contributed by atoms with Crippen molar-refractivity contribution in [1.29, 1.82) is 0 Å². The third-order valence-corrected chi connectivity index (χ3v) is 16.0. The summed E-state index contributed by atoms with van der Waals surface area (Å²) >= 11 is 0. The highest BCUT2D eigenvalue weighted by Gasteiger charge is 2.54. The molecule has 2 aromatic carbocycles. The SMILES string of the molecule is CC1C(COC(=O)c2cc(C(C)(C)C)cc(C(C)(C)C)c2O)OC(OC2OC(COC(=O)c3cc(C(C)(C)C)cc(C(C)(C)C)c3O)C(O[Si](C)(C)C)C(O[Si](C)(C)C)C2O[Si](C)(C)C)C(C)C1C. The fourth-order valence-corrected chi connectivity index (χ4v) is 12.0. The van der Waals surface area contributed by atoms with Crippen LogP contribution in [0, 0.1) is 17.8 Å². The van der Waals surface area contributed by atoms with E-state index < -0.39 is 90.8 Å². The zero-order valence-corrected chi connectivity index (χ0v) is 50.0. The maximum absolute atomic E-state index is 14.3. The standard InChI is InChI=1S/C54H92O12Si3/c1-31-32(2)40(29-59-47(57)36-25-34(51(4,5)6)27-38(42(36)55)53(10,11)12)61-49(33(31)3)63-50-46(66-69(22,23)24)45(65-68(19,20)21)44(64-67(16,17)18)41(62-50)30-60-48(58)37-26-35(52(7,8)9)28-39(43(37)56)54(13,14)15/h25-28,31-33,40-41,44-46,49-50,55-56H,29-30H2,1-24H3. The van der Waals surface area contributed by atoms with Gasteiger partial charge in [-0.05, 0) is 116 Å². The normalized spacial score (nSPS) is 26.7. The van der Waals surface area contributed by atoms with Crippen molar-refractivity contribution in [3.05, 3.63) is 57.6 Å². The van der Waals surface area contributed by atoms with Gasteiger partial charge >= 0.3 is 11.9 Å². The Labute approximate surface area is 419 Å². The molecule has 2 aliphatic heterocycles. The summed E-state index contributed by atoms with van der Waals surface area (Å²) in [5.74, 6) is -1.62. The van der Waals surface area contributed by atoms with Crippen LogP contribution < -0.4 is 0 Å². The average molecular weight is 1020 g/mol. The zero-order chi connectivity index (χ0) is 52.9. The Kier molecular flexibility index (Phi) is 18.0. The van der Waals surface area contributed by atoms with Crippen molar-refractivity contribution in [2.24, 2.45) is 17.8 Å². The molecule has 2 heterocycles. The minimum absolute atomic E-state index is 0.0368. The van der Waals surface area contributed by atoms with Gasteiger partial charge in [0.05, 0.1) is 6.10 Å². The third kappa shape index (κ3) is 15.5. The first-order valence-electron chi connectivity index (χ1n) is 25.1. The maximum Gasteiger partial charge on any atom is 0.342 e. The highest BCUT2D eigenvalue weighted by Crippen LogP contribution is 2.43. The molecule has 2 saturated heterocycles. The van der Waals surface area contributed by atoms with E-state index in [-0.39, 0.29) is 64.4 Å². The molecule has 0 amide bonds. The molecule has 2 fully saturated rings. The molecule has 12 nitrogen and oxygen atoms in total. The topological polar surface area (TPSA) is 148 Å². The van der Waals surface area contributed by atoms with E-state index in [1.807, 2.05) is 53.7 Å². The first-order chi connectivity index (χ1) is 31.0. The molecule has 392 valence electrons. The number of ether oxygens (including phenoxy) is 5. The average Bonchev–Trinajstić information content (AvgIpc) is 3.15. The van der Waals surface area contributed by atoms with Crippen LogP contribution in [0.15, 0.2) is 24.3 Å². The second-order valence-corrected chi connectivity index (χ2v) is 40.3. The van der Waals surface area contributed by atoms with Crippen LogP contribution in [0.3, 0.4) is 0 Å². The van der Waals surface area contributed by atoms with Crippen LogP contribution in [0.5, 0.6) is 11.5 Å². The van der Waals surface area contributed by atoms with Crippen molar-refractivity contribution < 1.29 is 56.8 Å². The van der Waals surface area contributed by atoms with Crippen LogP contribution in [0.25, 0.3) is 0 Å². The predicted molar refractivity (Wildman–Crippen MR) is 282 cm³/mol. The van der Waals surface area contributed by atoms with Gasteiger partial charge in [-0.3, -0.25) is 0 Å². The number of rotatable bonds is 14. The highest BCUT2D eigenvalue weighted by atomic mass is 28.4. The van der Waals surface area contributed by atoms with Crippen molar-refractivity contribution in [2.75, 3.05) is 13.2 Å². The van der Waals surface area contributed by atoms with Crippen LogP contribution in [0.2, 0.25) is 58.9 Å². The van der Waals surface area contributed by atoms with Crippen LogP contribution in [0.1, 0.15) is 147 Å². The van der Waals surface area contributed by atoms with Gasteiger partial charge in [-0.25, -0.2) is 9.59 Å². The van der Waals surface area contributed by atoms with Crippen LogP contribution in [-0.2, 0) is 58.6 Å². The quantitative estimate of drug-likeness (QED) is 0.137. The van der Waals surface area contributed by atoms with Gasteiger partial charge < -0.3 is 47.2 Å².